The molecule has 0 heterocycles. The Bertz CT molecular complexity index is 213. The van der Waals surface area contributed by atoms with E-state index in [4.69, 9.17) is 5.26 Å². The number of hydrogen-bond donors (Lipinski definition) is 0. The van der Waals surface area contributed by atoms with Crippen LogP contribution in [0.15, 0.2) is 5.16 Å². The highest BCUT2D eigenvalue weighted by molar-refractivity contribution is 6.46. The van der Waals surface area contributed by atoms with Crippen molar-refractivity contribution in [3.8, 4) is 6.07 Å². The number of rotatable bonds is 3. The molecule has 0 amide bonds. The lowest BCUT2D eigenvalue weighted by Gasteiger charge is -1.98. The second-order valence-electron chi connectivity index (χ2n) is 2.25. The van der Waals surface area contributed by atoms with Gasteiger partial charge in [-0.05, 0) is 0 Å². The SMILES string of the molecule is CO/N=C(\C#N)C(=O)C(C)C. The molecule has 0 aliphatic rings. The Morgan fingerprint density at radius 1 is 1.64 bits per heavy atom. The average molecular weight is 154 g/mol. The Labute approximate surface area is 65.4 Å². The molecule has 4 heteroatoms. The minimum Gasteiger partial charge on any atom is -0.398 e. The maximum Gasteiger partial charge on any atom is 0.222 e. The molecule has 0 radical (unpaired) electrons. The molecule has 0 aliphatic carbocycles. The van der Waals surface area contributed by atoms with Gasteiger partial charge >= 0.3 is 0 Å². The number of carbonyl (C=O) groups excluding carboxylic acids is 1. The van der Waals surface area contributed by atoms with Crippen molar-refractivity contribution in [3.63, 3.8) is 0 Å². The fraction of sp³-hybridized carbons (Fsp3) is 0.571. The molecular formula is C7H10N2O2. The molecule has 0 bridgehead atoms. The van der Waals surface area contributed by atoms with Gasteiger partial charge in [0, 0.05) is 5.92 Å². The fourth-order valence-corrected chi connectivity index (χ4v) is 0.485. The van der Waals surface area contributed by atoms with Gasteiger partial charge in [0.15, 0.2) is 5.78 Å². The molecule has 0 aromatic carbocycles. The van der Waals surface area contributed by atoms with Crippen molar-refractivity contribution in [2.24, 2.45) is 11.1 Å². The quantitative estimate of drug-likeness (QED) is 0.445. The summed E-state index contributed by atoms with van der Waals surface area (Å²) in [4.78, 5) is 15.3. The summed E-state index contributed by atoms with van der Waals surface area (Å²) in [7, 11) is 1.30. The van der Waals surface area contributed by atoms with E-state index in [1.54, 1.807) is 19.9 Å². The molecule has 0 saturated carbocycles. The molecule has 0 unspecified atom stereocenters. The molecule has 4 nitrogen and oxygen atoms in total. The van der Waals surface area contributed by atoms with E-state index in [1.807, 2.05) is 0 Å². The largest absolute Gasteiger partial charge is 0.398 e. The third-order valence-corrected chi connectivity index (χ3v) is 1.05. The van der Waals surface area contributed by atoms with Gasteiger partial charge in [0.2, 0.25) is 5.71 Å². The second kappa shape index (κ2) is 4.45. The van der Waals surface area contributed by atoms with E-state index in [1.165, 1.54) is 7.11 Å². The van der Waals surface area contributed by atoms with E-state index in [0.717, 1.165) is 0 Å². The normalized spacial score (nSPS) is 11.0. The highest BCUT2D eigenvalue weighted by Gasteiger charge is 2.15. The van der Waals surface area contributed by atoms with E-state index >= 15 is 0 Å². The zero-order valence-electron chi connectivity index (χ0n) is 6.79. The summed E-state index contributed by atoms with van der Waals surface area (Å²) in [6.07, 6.45) is 0. The van der Waals surface area contributed by atoms with Crippen LogP contribution in [0.25, 0.3) is 0 Å². The lowest BCUT2D eigenvalue weighted by molar-refractivity contribution is -0.115. The summed E-state index contributed by atoms with van der Waals surface area (Å²) >= 11 is 0. The molecule has 60 valence electrons. The zero-order valence-corrected chi connectivity index (χ0v) is 6.79. The van der Waals surface area contributed by atoms with Crippen LogP contribution in [0.4, 0.5) is 0 Å². The number of hydrogen-bond acceptors (Lipinski definition) is 4. The predicted molar refractivity (Wildman–Crippen MR) is 39.9 cm³/mol. The van der Waals surface area contributed by atoms with Crippen molar-refractivity contribution >= 4 is 11.5 Å². The van der Waals surface area contributed by atoms with E-state index in [2.05, 4.69) is 9.99 Å². The van der Waals surface area contributed by atoms with Crippen molar-refractivity contribution < 1.29 is 9.63 Å². The summed E-state index contributed by atoms with van der Waals surface area (Å²) in [5.41, 5.74) is -0.178. The van der Waals surface area contributed by atoms with Crippen LogP contribution < -0.4 is 0 Å². The van der Waals surface area contributed by atoms with Gasteiger partial charge in [-0.2, -0.15) is 5.26 Å². The first-order chi connectivity index (χ1) is 5.13. The topological polar surface area (TPSA) is 62.4 Å². The number of oxime groups is 1. The highest BCUT2D eigenvalue weighted by atomic mass is 16.6. The van der Waals surface area contributed by atoms with Crippen LogP contribution in [-0.2, 0) is 9.63 Å². The maximum atomic E-state index is 11.0. The van der Waals surface area contributed by atoms with E-state index < -0.39 is 0 Å². The van der Waals surface area contributed by atoms with Gasteiger partial charge in [0.05, 0.1) is 0 Å². The summed E-state index contributed by atoms with van der Waals surface area (Å²) in [5, 5.41) is 11.7. The first-order valence-electron chi connectivity index (χ1n) is 3.19. The molecule has 0 saturated heterocycles. The van der Waals surface area contributed by atoms with Gasteiger partial charge in [0.1, 0.15) is 13.2 Å². The van der Waals surface area contributed by atoms with Crippen LogP contribution in [0.2, 0.25) is 0 Å². The van der Waals surface area contributed by atoms with Gasteiger partial charge in [0.25, 0.3) is 0 Å². The third kappa shape index (κ3) is 2.80. The van der Waals surface area contributed by atoms with Crippen LogP contribution in [-0.4, -0.2) is 18.6 Å². The van der Waals surface area contributed by atoms with Crippen LogP contribution >= 0.6 is 0 Å². The van der Waals surface area contributed by atoms with Gasteiger partial charge in [-0.3, -0.25) is 4.79 Å². The fourth-order valence-electron chi connectivity index (χ4n) is 0.485. The lowest BCUT2D eigenvalue weighted by atomic mass is 10.1. The molecule has 0 aromatic heterocycles. The maximum absolute atomic E-state index is 11.0. The Morgan fingerprint density at radius 2 is 2.18 bits per heavy atom. The summed E-state index contributed by atoms with van der Waals surface area (Å²) in [5.74, 6) is -0.516. The molecule has 0 fully saturated rings. The number of carbonyl (C=O) groups is 1. The average Bonchev–Trinajstić information content (AvgIpc) is 1.98. The van der Waals surface area contributed by atoms with Gasteiger partial charge < -0.3 is 4.84 Å². The third-order valence-electron chi connectivity index (χ3n) is 1.05. The number of nitriles is 1. The molecule has 0 rings (SSSR count). The van der Waals surface area contributed by atoms with Crippen LogP contribution in [0.1, 0.15) is 13.8 Å². The first-order valence-corrected chi connectivity index (χ1v) is 3.19. The van der Waals surface area contributed by atoms with Crippen molar-refractivity contribution in [2.45, 2.75) is 13.8 Å². The van der Waals surface area contributed by atoms with Gasteiger partial charge in [-0.25, -0.2) is 0 Å². The molecule has 0 spiro atoms. The van der Waals surface area contributed by atoms with Gasteiger partial charge in [-0.1, -0.05) is 19.0 Å². The number of nitrogens with zero attached hydrogens (tertiary/aromatic N) is 2. The molecule has 0 aliphatic heterocycles. The van der Waals surface area contributed by atoms with Crippen molar-refractivity contribution in [1.82, 2.24) is 0 Å². The lowest BCUT2D eigenvalue weighted by Crippen LogP contribution is -2.18. The highest BCUT2D eigenvalue weighted by Crippen LogP contribution is 1.96. The van der Waals surface area contributed by atoms with Crippen LogP contribution in [0.3, 0.4) is 0 Å². The van der Waals surface area contributed by atoms with E-state index in [-0.39, 0.29) is 17.4 Å². The standard InChI is InChI=1S/C7H10N2O2/c1-5(2)7(10)6(4-8)9-11-3/h5H,1-3H3/b9-6+. The van der Waals surface area contributed by atoms with Crippen molar-refractivity contribution in [2.75, 3.05) is 7.11 Å². The van der Waals surface area contributed by atoms with Crippen molar-refractivity contribution in [1.29, 1.82) is 5.26 Å². The Hall–Kier alpha value is -1.37. The smallest absolute Gasteiger partial charge is 0.222 e. The van der Waals surface area contributed by atoms with Crippen LogP contribution in [0.5, 0.6) is 0 Å². The van der Waals surface area contributed by atoms with Crippen molar-refractivity contribution in [3.05, 3.63) is 0 Å². The number of ketones is 1. The molecule has 0 N–H and O–H groups in total. The monoisotopic (exact) mass is 154 g/mol. The molecule has 0 atom stereocenters. The second-order valence-corrected chi connectivity index (χ2v) is 2.25. The van der Waals surface area contributed by atoms with E-state index in [0.29, 0.717) is 0 Å². The summed E-state index contributed by atoms with van der Waals surface area (Å²) < 4.78 is 0. The molecule has 11 heavy (non-hydrogen) atoms. The minimum absolute atomic E-state index is 0.178. The Morgan fingerprint density at radius 3 is 2.45 bits per heavy atom. The van der Waals surface area contributed by atoms with Crippen LogP contribution in [0, 0.1) is 17.2 Å². The molecular weight excluding hydrogens is 144 g/mol. The Balaban J connectivity index is 4.43. The zero-order chi connectivity index (χ0) is 8.85. The number of Topliss-reactive ketones (excluding diaryl/α,β-unsaturated/α-hetero) is 1. The molecule has 0 aromatic rings. The minimum atomic E-state index is -0.297. The summed E-state index contributed by atoms with van der Waals surface area (Å²) in [6.45, 7) is 3.40. The predicted octanol–water partition coefficient (Wildman–Crippen LogP) is 0.737. The summed E-state index contributed by atoms with van der Waals surface area (Å²) in [6, 6.07) is 1.66. The van der Waals surface area contributed by atoms with Gasteiger partial charge in [-0.15, -0.1) is 0 Å². The Kier molecular flexibility index (Phi) is 3.89. The first kappa shape index (κ1) is 9.63. The van der Waals surface area contributed by atoms with E-state index in [9.17, 15) is 4.79 Å².